The Morgan fingerprint density at radius 3 is 2.72 bits per heavy atom. The van der Waals surface area contributed by atoms with E-state index in [-0.39, 0.29) is 5.63 Å². The van der Waals surface area contributed by atoms with Gasteiger partial charge in [-0.05, 0) is 48.4 Å². The van der Waals surface area contributed by atoms with Crippen LogP contribution in [-0.2, 0) is 19.4 Å². The van der Waals surface area contributed by atoms with Crippen molar-refractivity contribution in [2.75, 3.05) is 0 Å². The van der Waals surface area contributed by atoms with Gasteiger partial charge in [0.2, 0.25) is 0 Å². The maximum Gasteiger partial charge on any atom is 0.336 e. The van der Waals surface area contributed by atoms with E-state index < -0.39 is 0 Å². The molecule has 148 valence electrons. The van der Waals surface area contributed by atoms with Crippen LogP contribution < -0.4 is 10.4 Å². The van der Waals surface area contributed by atoms with Crippen molar-refractivity contribution in [3.05, 3.63) is 80.9 Å². The maximum atomic E-state index is 11.9. The zero-order valence-electron chi connectivity index (χ0n) is 15.9. The van der Waals surface area contributed by atoms with Crippen molar-refractivity contribution in [3.8, 4) is 5.75 Å². The number of aromatic nitrogens is 3. The largest absolute Gasteiger partial charge is 0.486 e. The van der Waals surface area contributed by atoms with Gasteiger partial charge < -0.3 is 13.7 Å². The maximum absolute atomic E-state index is 11.9. The second-order valence-electron chi connectivity index (χ2n) is 6.58. The van der Waals surface area contributed by atoms with Crippen molar-refractivity contribution in [3.63, 3.8) is 0 Å². The molecule has 0 unspecified atom stereocenters. The van der Waals surface area contributed by atoms with Gasteiger partial charge in [-0.2, -0.15) is 0 Å². The highest BCUT2D eigenvalue weighted by molar-refractivity contribution is 7.98. The van der Waals surface area contributed by atoms with E-state index in [2.05, 4.69) is 10.2 Å². The summed E-state index contributed by atoms with van der Waals surface area (Å²) in [6.07, 6.45) is 0. The summed E-state index contributed by atoms with van der Waals surface area (Å²) in [7, 11) is 1.89. The fourth-order valence-corrected chi connectivity index (χ4v) is 3.92. The fraction of sp³-hybridized carbons (Fsp3) is 0.190. The van der Waals surface area contributed by atoms with Crippen molar-refractivity contribution in [2.45, 2.75) is 24.4 Å². The van der Waals surface area contributed by atoms with Gasteiger partial charge in [0.1, 0.15) is 17.9 Å². The van der Waals surface area contributed by atoms with E-state index in [1.807, 2.05) is 48.9 Å². The molecular formula is C21H18ClN3O3S. The van der Waals surface area contributed by atoms with Crippen LogP contribution >= 0.6 is 23.4 Å². The van der Waals surface area contributed by atoms with Crippen molar-refractivity contribution in [2.24, 2.45) is 7.05 Å². The molecule has 8 heteroatoms. The van der Waals surface area contributed by atoms with Crippen molar-refractivity contribution in [1.29, 1.82) is 0 Å². The molecule has 0 radical (unpaired) electrons. The minimum atomic E-state index is -0.353. The number of ether oxygens (including phenoxy) is 1. The lowest BCUT2D eigenvalue weighted by molar-refractivity contribution is 0.290. The Morgan fingerprint density at radius 2 is 1.93 bits per heavy atom. The van der Waals surface area contributed by atoms with Crippen molar-refractivity contribution < 1.29 is 9.15 Å². The molecule has 0 saturated carbocycles. The third-order valence-electron chi connectivity index (χ3n) is 4.45. The molecule has 0 atom stereocenters. The molecule has 4 rings (SSSR count). The van der Waals surface area contributed by atoms with Crippen LogP contribution in [0.5, 0.6) is 5.75 Å². The van der Waals surface area contributed by atoms with Crippen LogP contribution in [-0.4, -0.2) is 14.8 Å². The zero-order chi connectivity index (χ0) is 20.4. The summed E-state index contributed by atoms with van der Waals surface area (Å²) in [6, 6.07) is 14.6. The monoisotopic (exact) mass is 427 g/mol. The first-order chi connectivity index (χ1) is 14.0. The molecule has 0 aliphatic rings. The smallest absolute Gasteiger partial charge is 0.336 e. The number of hydrogen-bond acceptors (Lipinski definition) is 6. The molecular weight excluding hydrogens is 410 g/mol. The summed E-state index contributed by atoms with van der Waals surface area (Å²) in [5.74, 6) is 2.00. The summed E-state index contributed by atoms with van der Waals surface area (Å²) < 4.78 is 13.0. The Balaban J connectivity index is 1.48. The Kier molecular flexibility index (Phi) is 5.60. The van der Waals surface area contributed by atoms with Gasteiger partial charge in [-0.25, -0.2) is 4.79 Å². The molecule has 2 heterocycles. The van der Waals surface area contributed by atoms with Gasteiger partial charge in [0.15, 0.2) is 11.0 Å². The summed E-state index contributed by atoms with van der Waals surface area (Å²) in [6.45, 7) is 2.26. The molecule has 2 aromatic heterocycles. The van der Waals surface area contributed by atoms with Gasteiger partial charge in [0.05, 0.1) is 0 Å². The highest BCUT2D eigenvalue weighted by Crippen LogP contribution is 2.26. The van der Waals surface area contributed by atoms with E-state index in [0.717, 1.165) is 21.7 Å². The first-order valence-corrected chi connectivity index (χ1v) is 10.3. The van der Waals surface area contributed by atoms with E-state index in [0.29, 0.717) is 34.5 Å². The van der Waals surface area contributed by atoms with Crippen LogP contribution in [0.4, 0.5) is 0 Å². The minimum absolute atomic E-state index is 0.294. The van der Waals surface area contributed by atoms with E-state index >= 15 is 0 Å². The number of thioether (sulfide) groups is 1. The summed E-state index contributed by atoms with van der Waals surface area (Å²) in [5, 5.41) is 10.8. The second kappa shape index (κ2) is 8.31. The third kappa shape index (κ3) is 4.46. The first-order valence-electron chi connectivity index (χ1n) is 8.92. The van der Waals surface area contributed by atoms with E-state index in [1.165, 1.54) is 17.8 Å². The van der Waals surface area contributed by atoms with Crippen LogP contribution in [0, 0.1) is 6.92 Å². The SMILES string of the molecule is Cc1ccc2c(CSc3nnc(COc4ccc(Cl)cc4)n3C)cc(=O)oc2c1. The lowest BCUT2D eigenvalue weighted by Gasteiger charge is -2.07. The molecule has 4 aromatic rings. The quantitative estimate of drug-likeness (QED) is 0.326. The molecule has 0 spiro atoms. The van der Waals surface area contributed by atoms with Gasteiger partial charge in [-0.15, -0.1) is 10.2 Å². The molecule has 0 bridgehead atoms. The lowest BCUT2D eigenvalue weighted by atomic mass is 10.1. The average molecular weight is 428 g/mol. The minimum Gasteiger partial charge on any atom is -0.486 e. The Labute approximate surface area is 176 Å². The van der Waals surface area contributed by atoms with Crippen LogP contribution in [0.1, 0.15) is 17.0 Å². The average Bonchev–Trinajstić information content (AvgIpc) is 3.05. The van der Waals surface area contributed by atoms with E-state index in [4.69, 9.17) is 20.8 Å². The standard InChI is InChI=1S/C21H18ClN3O3S/c1-13-3-8-17-14(10-20(26)28-18(17)9-13)12-29-21-24-23-19(25(21)2)11-27-16-6-4-15(22)5-7-16/h3-10H,11-12H2,1-2H3. The Morgan fingerprint density at radius 1 is 1.14 bits per heavy atom. The van der Waals surface area contributed by atoms with Gasteiger partial charge in [0.25, 0.3) is 0 Å². The molecule has 0 saturated heterocycles. The van der Waals surface area contributed by atoms with Crippen LogP contribution in [0.15, 0.2) is 62.9 Å². The first kappa shape index (κ1) is 19.5. The van der Waals surface area contributed by atoms with Gasteiger partial charge >= 0.3 is 5.63 Å². The highest BCUT2D eigenvalue weighted by atomic mass is 35.5. The lowest BCUT2D eigenvalue weighted by Crippen LogP contribution is -2.04. The third-order valence-corrected chi connectivity index (χ3v) is 5.77. The molecule has 0 fully saturated rings. The fourth-order valence-electron chi connectivity index (χ4n) is 2.87. The topological polar surface area (TPSA) is 70.2 Å². The predicted molar refractivity (Wildman–Crippen MR) is 114 cm³/mol. The predicted octanol–water partition coefficient (Wildman–Crippen LogP) is 4.75. The number of nitrogens with zero attached hydrogens (tertiary/aromatic N) is 3. The van der Waals surface area contributed by atoms with E-state index in [1.54, 1.807) is 12.1 Å². The number of aryl methyl sites for hydroxylation is 1. The van der Waals surface area contributed by atoms with Crippen LogP contribution in [0.25, 0.3) is 11.0 Å². The molecule has 0 aliphatic carbocycles. The number of fused-ring (bicyclic) bond motifs is 1. The van der Waals surface area contributed by atoms with Gasteiger partial charge in [0, 0.05) is 29.3 Å². The molecule has 0 amide bonds. The normalized spacial score (nSPS) is 11.1. The van der Waals surface area contributed by atoms with Gasteiger partial charge in [-0.1, -0.05) is 35.5 Å². The molecule has 2 aromatic carbocycles. The summed E-state index contributed by atoms with van der Waals surface area (Å²) >= 11 is 7.39. The van der Waals surface area contributed by atoms with Crippen LogP contribution in [0.2, 0.25) is 5.02 Å². The number of hydrogen-bond donors (Lipinski definition) is 0. The van der Waals surface area contributed by atoms with Gasteiger partial charge in [-0.3, -0.25) is 0 Å². The molecule has 0 N–H and O–H groups in total. The number of halogens is 1. The second-order valence-corrected chi connectivity index (χ2v) is 7.96. The molecule has 0 aliphatic heterocycles. The molecule has 29 heavy (non-hydrogen) atoms. The van der Waals surface area contributed by atoms with E-state index in [9.17, 15) is 4.79 Å². The summed E-state index contributed by atoms with van der Waals surface area (Å²) in [4.78, 5) is 11.9. The van der Waals surface area contributed by atoms with Crippen molar-refractivity contribution >= 4 is 34.3 Å². The highest BCUT2D eigenvalue weighted by Gasteiger charge is 2.12. The Bertz CT molecular complexity index is 1220. The van der Waals surface area contributed by atoms with Crippen molar-refractivity contribution in [1.82, 2.24) is 14.8 Å². The van der Waals surface area contributed by atoms with Crippen LogP contribution in [0.3, 0.4) is 0 Å². The number of benzene rings is 2. The number of rotatable bonds is 6. The summed E-state index contributed by atoms with van der Waals surface area (Å²) in [5.41, 5.74) is 2.20. The zero-order valence-corrected chi connectivity index (χ0v) is 17.5. The Hall–Kier alpha value is -2.77. The molecule has 6 nitrogen and oxygen atoms in total.